The third kappa shape index (κ3) is 5.29. The highest BCUT2D eigenvalue weighted by Crippen LogP contribution is 2.39. The zero-order valence-electron chi connectivity index (χ0n) is 23.2. The molecule has 0 spiro atoms. The summed E-state index contributed by atoms with van der Waals surface area (Å²) in [7, 11) is 1.59. The fraction of sp³-hybridized carbons (Fsp3) is 0.355. The molecule has 0 unspecified atom stereocenters. The molecule has 4 aromatic rings. The third-order valence-electron chi connectivity index (χ3n) is 7.86. The first kappa shape index (κ1) is 26.6. The van der Waals surface area contributed by atoms with Crippen LogP contribution >= 0.6 is 0 Å². The number of nitrogens with one attached hydrogen (secondary N) is 1. The van der Waals surface area contributed by atoms with Crippen LogP contribution in [0.1, 0.15) is 56.7 Å². The molecule has 2 amide bonds. The number of amides is 2. The van der Waals surface area contributed by atoms with Crippen LogP contribution in [-0.2, 0) is 9.59 Å². The highest BCUT2D eigenvalue weighted by Gasteiger charge is 2.38. The van der Waals surface area contributed by atoms with Crippen LogP contribution in [0.15, 0.2) is 66.7 Å². The Bertz CT molecular complexity index is 1550. The number of anilines is 1. The van der Waals surface area contributed by atoms with Crippen LogP contribution in [0.5, 0.6) is 17.2 Å². The van der Waals surface area contributed by atoms with E-state index < -0.39 is 12.1 Å². The highest BCUT2D eigenvalue weighted by molar-refractivity contribution is 6.03. The molecule has 212 valence electrons. The van der Waals surface area contributed by atoms with E-state index in [-0.39, 0.29) is 24.6 Å². The predicted octanol–water partition coefficient (Wildman–Crippen LogP) is 4.95. The molecule has 6 rings (SSSR count). The zero-order valence-corrected chi connectivity index (χ0v) is 23.2. The van der Waals surface area contributed by atoms with Crippen LogP contribution in [0.3, 0.4) is 0 Å². The van der Waals surface area contributed by atoms with Crippen molar-refractivity contribution in [2.75, 3.05) is 18.8 Å². The summed E-state index contributed by atoms with van der Waals surface area (Å²) in [6, 6.07) is 18.3. The largest absolute Gasteiger partial charge is 0.497 e. The van der Waals surface area contributed by atoms with Crippen molar-refractivity contribution in [1.29, 1.82) is 0 Å². The van der Waals surface area contributed by atoms with E-state index >= 15 is 0 Å². The normalized spacial score (nSPS) is 16.2. The number of benzene rings is 3. The lowest BCUT2D eigenvalue weighted by atomic mass is 9.94. The minimum Gasteiger partial charge on any atom is -0.497 e. The van der Waals surface area contributed by atoms with E-state index in [1.165, 1.54) is 6.42 Å². The number of carbonyl (C=O) groups excluding carboxylic acids is 2. The lowest BCUT2D eigenvalue weighted by Crippen LogP contribution is -2.48. The van der Waals surface area contributed by atoms with Gasteiger partial charge in [-0.3, -0.25) is 14.5 Å². The first-order valence-corrected chi connectivity index (χ1v) is 14.0. The molecule has 2 heterocycles. The number of carbonyl (C=O) groups is 2. The van der Waals surface area contributed by atoms with E-state index in [1.54, 1.807) is 53.9 Å². The van der Waals surface area contributed by atoms with E-state index in [2.05, 4.69) is 15.6 Å². The van der Waals surface area contributed by atoms with Crippen LogP contribution < -0.4 is 24.4 Å². The molecule has 0 bridgehead atoms. The Balaban J connectivity index is 1.45. The minimum atomic E-state index is -0.965. The van der Waals surface area contributed by atoms with E-state index in [0.29, 0.717) is 34.0 Å². The van der Waals surface area contributed by atoms with Crippen LogP contribution in [0.4, 0.5) is 5.69 Å². The number of methoxy groups -OCH3 is 1. The number of ether oxygens (including phenoxy) is 3. The predicted molar refractivity (Wildman–Crippen MR) is 153 cm³/mol. The number of nitrogens with zero attached hydrogens (tertiary/aromatic N) is 4. The molecule has 0 radical (unpaired) electrons. The Morgan fingerprint density at radius 2 is 1.76 bits per heavy atom. The molecule has 1 N–H and O–H groups in total. The van der Waals surface area contributed by atoms with Gasteiger partial charge in [0.1, 0.15) is 23.3 Å². The van der Waals surface area contributed by atoms with Gasteiger partial charge in [-0.25, -0.2) is 4.68 Å². The third-order valence-corrected chi connectivity index (χ3v) is 7.86. The molecule has 10 nitrogen and oxygen atoms in total. The lowest BCUT2D eigenvalue weighted by molar-refractivity contribution is -0.128. The Labute approximate surface area is 238 Å². The second-order valence-corrected chi connectivity index (χ2v) is 10.5. The molecule has 1 aromatic heterocycles. The molecule has 0 saturated heterocycles. The summed E-state index contributed by atoms with van der Waals surface area (Å²) in [5.41, 5.74) is 2.58. The second kappa shape index (κ2) is 11.5. The second-order valence-electron chi connectivity index (χ2n) is 10.5. The average Bonchev–Trinajstić information content (AvgIpc) is 3.66. The van der Waals surface area contributed by atoms with Crippen molar-refractivity contribution in [2.24, 2.45) is 0 Å². The van der Waals surface area contributed by atoms with Crippen molar-refractivity contribution in [1.82, 2.24) is 20.3 Å². The summed E-state index contributed by atoms with van der Waals surface area (Å²) in [5.74, 6) is 1.19. The topological polar surface area (TPSA) is 108 Å². The van der Waals surface area contributed by atoms with Gasteiger partial charge in [0.05, 0.1) is 12.6 Å². The van der Waals surface area contributed by atoms with Crippen molar-refractivity contribution in [2.45, 2.75) is 57.2 Å². The zero-order chi connectivity index (χ0) is 28.3. The van der Waals surface area contributed by atoms with Crippen molar-refractivity contribution in [3.8, 4) is 17.2 Å². The standard InChI is InChI=1S/C31H33N5O5/c1-20(36-26-11-7-6-10-25(26)33-34-36)31(38)35(23-14-17-27-28(18-23)41-19-40-27)29(21-12-15-24(39-2)16-13-21)30(37)32-22-8-4-3-5-9-22/h6-7,10-18,20,22,29H,3-5,8-9,19H2,1-2H3,(H,32,37)/t20-,29+/m1/s1. The first-order chi connectivity index (χ1) is 20.0. The Morgan fingerprint density at radius 1 is 1.00 bits per heavy atom. The van der Waals surface area contributed by atoms with Gasteiger partial charge >= 0.3 is 0 Å². The van der Waals surface area contributed by atoms with Gasteiger partial charge in [0.15, 0.2) is 11.5 Å². The maximum absolute atomic E-state index is 14.6. The van der Waals surface area contributed by atoms with Gasteiger partial charge in [-0.2, -0.15) is 0 Å². The lowest BCUT2D eigenvalue weighted by Gasteiger charge is -2.35. The first-order valence-electron chi connectivity index (χ1n) is 14.0. The maximum atomic E-state index is 14.6. The van der Waals surface area contributed by atoms with E-state index in [9.17, 15) is 9.59 Å². The van der Waals surface area contributed by atoms with Crippen molar-refractivity contribution in [3.63, 3.8) is 0 Å². The van der Waals surface area contributed by atoms with Crippen molar-refractivity contribution < 1.29 is 23.8 Å². The molecule has 2 aliphatic rings. The van der Waals surface area contributed by atoms with Crippen molar-refractivity contribution >= 4 is 28.5 Å². The molecular formula is C31H33N5O5. The van der Waals surface area contributed by atoms with Crippen LogP contribution in [0, 0.1) is 0 Å². The Hall–Kier alpha value is -4.60. The fourth-order valence-electron chi connectivity index (χ4n) is 5.65. The van der Waals surface area contributed by atoms with Crippen LogP contribution in [0.2, 0.25) is 0 Å². The average molecular weight is 556 g/mol. The summed E-state index contributed by atoms with van der Waals surface area (Å²) in [6.07, 6.45) is 5.14. The molecule has 41 heavy (non-hydrogen) atoms. The number of rotatable bonds is 8. The van der Waals surface area contributed by atoms with E-state index in [1.807, 2.05) is 36.4 Å². The van der Waals surface area contributed by atoms with E-state index in [4.69, 9.17) is 14.2 Å². The highest BCUT2D eigenvalue weighted by atomic mass is 16.7. The molecule has 3 aromatic carbocycles. The van der Waals surface area contributed by atoms with E-state index in [0.717, 1.165) is 31.2 Å². The van der Waals surface area contributed by atoms with Gasteiger partial charge in [0.2, 0.25) is 12.7 Å². The smallest absolute Gasteiger partial charge is 0.252 e. The van der Waals surface area contributed by atoms with Gasteiger partial charge in [0.25, 0.3) is 5.91 Å². The van der Waals surface area contributed by atoms with Gasteiger partial charge in [-0.15, -0.1) is 5.10 Å². The quantitative estimate of drug-likeness (QED) is 0.328. The Morgan fingerprint density at radius 3 is 2.54 bits per heavy atom. The number of fused-ring (bicyclic) bond motifs is 2. The molecule has 10 heteroatoms. The SMILES string of the molecule is COc1ccc([C@@H](C(=O)NC2CCCCC2)N(C(=O)[C@@H](C)n2nnc3ccccc32)c2ccc3c(c2)OCO3)cc1. The fourth-order valence-corrected chi connectivity index (χ4v) is 5.65. The van der Waals surface area contributed by atoms with Gasteiger partial charge in [0, 0.05) is 17.8 Å². The summed E-state index contributed by atoms with van der Waals surface area (Å²) >= 11 is 0. The van der Waals surface area contributed by atoms with Gasteiger partial charge in [-0.1, -0.05) is 48.7 Å². The van der Waals surface area contributed by atoms with Gasteiger partial charge in [-0.05, 0) is 61.7 Å². The van der Waals surface area contributed by atoms with Crippen LogP contribution in [-0.4, -0.2) is 46.8 Å². The number of hydrogen-bond donors (Lipinski definition) is 1. The summed E-state index contributed by atoms with van der Waals surface area (Å²) in [4.78, 5) is 30.3. The number of hydrogen-bond acceptors (Lipinski definition) is 7. The van der Waals surface area contributed by atoms with Gasteiger partial charge < -0.3 is 19.5 Å². The number of para-hydroxylation sites is 1. The molecule has 2 atom stereocenters. The van der Waals surface area contributed by atoms with Crippen LogP contribution in [0.25, 0.3) is 11.0 Å². The minimum absolute atomic E-state index is 0.0578. The monoisotopic (exact) mass is 555 g/mol. The molecular weight excluding hydrogens is 522 g/mol. The maximum Gasteiger partial charge on any atom is 0.252 e. The molecule has 1 aliphatic heterocycles. The number of aromatic nitrogens is 3. The van der Waals surface area contributed by atoms with Crippen molar-refractivity contribution in [3.05, 3.63) is 72.3 Å². The summed E-state index contributed by atoms with van der Waals surface area (Å²) in [6.45, 7) is 1.87. The molecule has 1 saturated carbocycles. The Kier molecular flexibility index (Phi) is 7.45. The molecule has 1 aliphatic carbocycles. The summed E-state index contributed by atoms with van der Waals surface area (Å²) < 4.78 is 18.1. The molecule has 1 fully saturated rings. The summed E-state index contributed by atoms with van der Waals surface area (Å²) in [5, 5.41) is 11.8.